The van der Waals surface area contributed by atoms with Crippen molar-refractivity contribution in [3.63, 3.8) is 0 Å². The fourth-order valence-corrected chi connectivity index (χ4v) is 3.57. The van der Waals surface area contributed by atoms with E-state index in [4.69, 9.17) is 4.74 Å². The van der Waals surface area contributed by atoms with Gasteiger partial charge in [0.05, 0.1) is 12.0 Å². The van der Waals surface area contributed by atoms with Crippen molar-refractivity contribution < 1.29 is 22.7 Å². The van der Waals surface area contributed by atoms with Crippen LogP contribution in [-0.4, -0.2) is 15.9 Å². The number of hydrogen-bond acceptors (Lipinski definition) is 4. The average Bonchev–Trinajstić information content (AvgIpc) is 2.69. The summed E-state index contributed by atoms with van der Waals surface area (Å²) >= 11 is 2.19. The zero-order valence-electron chi connectivity index (χ0n) is 15.8. The third-order valence-corrected chi connectivity index (χ3v) is 5.02. The van der Waals surface area contributed by atoms with Gasteiger partial charge in [-0.2, -0.15) is 13.2 Å². The van der Waals surface area contributed by atoms with Gasteiger partial charge in [0.25, 0.3) is 0 Å². The molecule has 0 atom stereocenters. The third-order valence-electron chi connectivity index (χ3n) is 4.26. The Morgan fingerprint density at radius 2 is 1.63 bits per heavy atom. The normalized spacial score (nSPS) is 11.2. The number of carbonyl (C=O) groups is 1. The summed E-state index contributed by atoms with van der Waals surface area (Å²) in [7, 11) is 0. The average molecular weight is 527 g/mol. The van der Waals surface area contributed by atoms with E-state index in [1.54, 1.807) is 24.3 Å². The highest BCUT2D eigenvalue weighted by Crippen LogP contribution is 2.31. The van der Waals surface area contributed by atoms with Crippen LogP contribution >= 0.6 is 22.6 Å². The maximum Gasteiger partial charge on any atom is 0.416 e. The van der Waals surface area contributed by atoms with E-state index in [2.05, 4.69) is 37.9 Å². The van der Waals surface area contributed by atoms with Crippen molar-refractivity contribution in [3.8, 4) is 11.5 Å². The van der Waals surface area contributed by atoms with Crippen molar-refractivity contribution in [3.05, 3.63) is 77.2 Å². The fourth-order valence-electron chi connectivity index (χ4n) is 2.65. The molecule has 3 aromatic rings. The van der Waals surface area contributed by atoms with Gasteiger partial charge in [-0.05, 0) is 48.9 Å². The van der Waals surface area contributed by atoms with Crippen molar-refractivity contribution >= 4 is 34.3 Å². The highest BCUT2D eigenvalue weighted by molar-refractivity contribution is 14.1. The van der Waals surface area contributed by atoms with E-state index in [0.717, 1.165) is 29.0 Å². The van der Waals surface area contributed by atoms with Gasteiger partial charge in [0.2, 0.25) is 5.91 Å². The molecular weight excluding hydrogens is 510 g/mol. The van der Waals surface area contributed by atoms with Gasteiger partial charge in [0.1, 0.15) is 23.6 Å². The molecule has 0 aliphatic rings. The quantitative estimate of drug-likeness (QED) is 0.330. The lowest BCUT2D eigenvalue weighted by atomic mass is 10.1. The van der Waals surface area contributed by atoms with Gasteiger partial charge in [-0.25, -0.2) is 9.97 Å². The van der Waals surface area contributed by atoms with Crippen molar-refractivity contribution in [1.29, 1.82) is 0 Å². The summed E-state index contributed by atoms with van der Waals surface area (Å²) in [6.07, 6.45) is -2.83. The van der Waals surface area contributed by atoms with Crippen LogP contribution in [0.1, 0.15) is 22.4 Å². The van der Waals surface area contributed by atoms with Crippen LogP contribution in [0.5, 0.6) is 11.5 Å². The van der Waals surface area contributed by atoms with Gasteiger partial charge >= 0.3 is 6.18 Å². The second-order valence-corrected chi connectivity index (χ2v) is 7.18. The van der Waals surface area contributed by atoms with E-state index < -0.39 is 11.7 Å². The molecule has 0 bridgehead atoms. The Morgan fingerprint density at radius 1 is 1.03 bits per heavy atom. The lowest BCUT2D eigenvalue weighted by Crippen LogP contribution is -2.17. The Labute approximate surface area is 184 Å². The number of alkyl halides is 4. The number of aryl methyl sites for hydroxylation is 1. The Bertz CT molecular complexity index is 1020. The smallest absolute Gasteiger partial charge is 0.416 e. The van der Waals surface area contributed by atoms with E-state index in [-0.39, 0.29) is 12.3 Å². The van der Waals surface area contributed by atoms with Crippen LogP contribution in [0.2, 0.25) is 0 Å². The van der Waals surface area contributed by atoms with Crippen molar-refractivity contribution in [2.75, 3.05) is 5.32 Å². The van der Waals surface area contributed by atoms with Crippen molar-refractivity contribution in [2.45, 2.75) is 23.9 Å². The molecule has 9 heteroatoms. The molecule has 1 amide bonds. The van der Waals surface area contributed by atoms with Gasteiger partial charge < -0.3 is 10.1 Å². The molecule has 0 saturated heterocycles. The molecule has 2 aromatic carbocycles. The highest BCUT2D eigenvalue weighted by Gasteiger charge is 2.30. The first-order chi connectivity index (χ1) is 14.3. The molecule has 0 saturated carbocycles. The van der Waals surface area contributed by atoms with Crippen molar-refractivity contribution in [2.24, 2.45) is 0 Å². The molecule has 1 heterocycles. The van der Waals surface area contributed by atoms with Crippen LogP contribution in [0.25, 0.3) is 0 Å². The number of halogens is 4. The molecule has 0 aliphatic heterocycles. The summed E-state index contributed by atoms with van der Waals surface area (Å²) in [6, 6.07) is 11.2. The SMILES string of the molecule is Cc1ncnc(NC(=O)Cc2ccc(Oc3ccc(C(F)(F)F)cc3)cc2)c1CI. The van der Waals surface area contributed by atoms with Crippen LogP contribution in [0.15, 0.2) is 54.9 Å². The summed E-state index contributed by atoms with van der Waals surface area (Å²) in [5, 5.41) is 2.80. The summed E-state index contributed by atoms with van der Waals surface area (Å²) in [5.41, 5.74) is 1.72. The topological polar surface area (TPSA) is 64.1 Å². The van der Waals surface area contributed by atoms with Crippen LogP contribution in [0.3, 0.4) is 0 Å². The van der Waals surface area contributed by atoms with Gasteiger partial charge in [-0.1, -0.05) is 34.7 Å². The summed E-state index contributed by atoms with van der Waals surface area (Å²) < 4.78 is 44.1. The van der Waals surface area contributed by atoms with Crippen LogP contribution in [0, 0.1) is 6.92 Å². The molecule has 0 spiro atoms. The van der Waals surface area contributed by atoms with Crippen molar-refractivity contribution in [1.82, 2.24) is 9.97 Å². The molecule has 1 aromatic heterocycles. The van der Waals surface area contributed by atoms with Crippen LogP contribution in [-0.2, 0) is 21.8 Å². The monoisotopic (exact) mass is 527 g/mol. The highest BCUT2D eigenvalue weighted by atomic mass is 127. The van der Waals surface area contributed by atoms with Crippen LogP contribution < -0.4 is 10.1 Å². The Kier molecular flexibility index (Phi) is 6.91. The number of amides is 1. The predicted octanol–water partition coefficient (Wildman–Crippen LogP) is 5.71. The number of rotatable bonds is 6. The predicted molar refractivity (Wildman–Crippen MR) is 115 cm³/mol. The maximum atomic E-state index is 12.6. The molecule has 5 nitrogen and oxygen atoms in total. The first-order valence-corrected chi connectivity index (χ1v) is 10.4. The number of benzene rings is 2. The third kappa shape index (κ3) is 5.68. The molecule has 0 fully saturated rings. The maximum absolute atomic E-state index is 12.6. The van der Waals surface area contributed by atoms with Gasteiger partial charge in [0, 0.05) is 15.7 Å². The number of ether oxygens (including phenoxy) is 1. The molecule has 3 rings (SSSR count). The minimum atomic E-state index is -4.39. The lowest BCUT2D eigenvalue weighted by molar-refractivity contribution is -0.137. The largest absolute Gasteiger partial charge is 0.457 e. The minimum absolute atomic E-state index is 0.143. The number of anilines is 1. The zero-order valence-corrected chi connectivity index (χ0v) is 18.0. The zero-order chi connectivity index (χ0) is 21.7. The molecule has 30 heavy (non-hydrogen) atoms. The lowest BCUT2D eigenvalue weighted by Gasteiger charge is -2.11. The first-order valence-electron chi connectivity index (χ1n) is 8.86. The number of carbonyl (C=O) groups excluding carboxylic acids is 1. The van der Waals surface area contributed by atoms with E-state index in [1.807, 2.05) is 6.92 Å². The Morgan fingerprint density at radius 3 is 2.20 bits per heavy atom. The standard InChI is InChI=1S/C21H17F3IN3O2/c1-13-18(11-25)20(27-12-26-13)28-19(29)10-14-2-6-16(7-3-14)30-17-8-4-15(5-9-17)21(22,23)24/h2-9,12H,10-11H2,1H3,(H,26,27,28,29). The minimum Gasteiger partial charge on any atom is -0.457 e. The first kappa shape index (κ1) is 22.0. The summed E-state index contributed by atoms with van der Waals surface area (Å²) in [5.74, 6) is 1.04. The van der Waals surface area contributed by atoms with E-state index in [1.165, 1.54) is 18.5 Å². The second kappa shape index (κ2) is 9.41. The number of aromatic nitrogens is 2. The summed E-state index contributed by atoms with van der Waals surface area (Å²) in [4.78, 5) is 20.6. The van der Waals surface area contributed by atoms with Gasteiger partial charge in [0.15, 0.2) is 0 Å². The molecule has 0 radical (unpaired) electrons. The number of nitrogens with zero attached hydrogens (tertiary/aromatic N) is 2. The van der Waals surface area contributed by atoms with Gasteiger partial charge in [-0.15, -0.1) is 0 Å². The fraction of sp³-hybridized carbons (Fsp3) is 0.190. The van der Waals surface area contributed by atoms with E-state index >= 15 is 0 Å². The second-order valence-electron chi connectivity index (χ2n) is 6.41. The van der Waals surface area contributed by atoms with Gasteiger partial charge in [-0.3, -0.25) is 4.79 Å². The Hall–Kier alpha value is -2.69. The molecule has 156 valence electrons. The Balaban J connectivity index is 1.61. The van der Waals surface area contributed by atoms with E-state index in [9.17, 15) is 18.0 Å². The van der Waals surface area contributed by atoms with E-state index in [0.29, 0.717) is 21.7 Å². The molecule has 0 aliphatic carbocycles. The molecule has 0 unspecified atom stereocenters. The van der Waals surface area contributed by atoms with Crippen LogP contribution in [0.4, 0.5) is 19.0 Å². The summed E-state index contributed by atoms with van der Waals surface area (Å²) in [6.45, 7) is 1.86. The molecule has 1 N–H and O–H groups in total. The number of nitrogens with one attached hydrogen (secondary N) is 1. The number of hydrogen-bond donors (Lipinski definition) is 1. The molecular formula is C21H17F3IN3O2.